The number of carbonyl (C=O) groups excluding carboxylic acids is 1. The topological polar surface area (TPSA) is 84.6 Å². The summed E-state index contributed by atoms with van der Waals surface area (Å²) in [5.74, 6) is -0.264. The third-order valence-electron chi connectivity index (χ3n) is 3.47. The molecule has 1 aliphatic heterocycles. The first kappa shape index (κ1) is 16.9. The minimum absolute atomic E-state index is 0.0121. The van der Waals surface area contributed by atoms with Crippen molar-refractivity contribution in [3.63, 3.8) is 0 Å². The van der Waals surface area contributed by atoms with E-state index in [0.717, 1.165) is 16.8 Å². The summed E-state index contributed by atoms with van der Waals surface area (Å²) in [6.45, 7) is 3.98. The molecule has 0 saturated carbocycles. The summed E-state index contributed by atoms with van der Waals surface area (Å²) in [6.07, 6.45) is 1.62. The van der Waals surface area contributed by atoms with Gasteiger partial charge in [-0.25, -0.2) is 4.99 Å². The Hall–Kier alpha value is -2.93. The lowest BCUT2D eigenvalue weighted by Crippen LogP contribution is -2.19. The molecule has 1 N–H and O–H groups in total. The maximum absolute atomic E-state index is 12.1. The molecule has 3 rings (SSSR count). The van der Waals surface area contributed by atoms with E-state index in [1.54, 1.807) is 18.2 Å². The van der Waals surface area contributed by atoms with Crippen molar-refractivity contribution in [2.45, 2.75) is 13.8 Å². The van der Waals surface area contributed by atoms with Crippen LogP contribution >= 0.6 is 11.8 Å². The number of nitro groups is 1. The number of aliphatic imine (C=N–C) groups is 1. The molecule has 2 aromatic rings. The third kappa shape index (κ3) is 4.13. The van der Waals surface area contributed by atoms with Gasteiger partial charge in [0.05, 0.1) is 15.5 Å². The third-order valence-corrected chi connectivity index (χ3v) is 4.38. The number of hydrogen-bond acceptors (Lipinski definition) is 5. The molecule has 0 bridgehead atoms. The van der Waals surface area contributed by atoms with Gasteiger partial charge in [-0.2, -0.15) is 0 Å². The van der Waals surface area contributed by atoms with Gasteiger partial charge in [-0.15, -0.1) is 0 Å². The van der Waals surface area contributed by atoms with Crippen molar-refractivity contribution in [2.24, 2.45) is 4.99 Å². The van der Waals surface area contributed by atoms with Crippen LogP contribution in [0.2, 0.25) is 0 Å². The molecule has 0 atom stereocenters. The van der Waals surface area contributed by atoms with Gasteiger partial charge < -0.3 is 5.32 Å². The molecule has 1 amide bonds. The van der Waals surface area contributed by atoms with Gasteiger partial charge >= 0.3 is 0 Å². The zero-order valence-electron chi connectivity index (χ0n) is 13.6. The van der Waals surface area contributed by atoms with Crippen LogP contribution < -0.4 is 5.32 Å². The number of hydrogen-bond donors (Lipinski definition) is 1. The summed E-state index contributed by atoms with van der Waals surface area (Å²) < 4.78 is 0. The van der Waals surface area contributed by atoms with Crippen LogP contribution in [0.4, 0.5) is 11.4 Å². The minimum Gasteiger partial charge on any atom is -0.300 e. The standard InChI is InChI=1S/C18H15N3O3S/c1-11-6-12(2)8-14(7-11)19-18-20-17(22)16(25-18)10-13-4-3-5-15(9-13)21(23)24/h3-10H,1-2H3,(H,19,20,22)/b16-10-. The molecule has 0 aromatic heterocycles. The Morgan fingerprint density at radius 1 is 1.16 bits per heavy atom. The van der Waals surface area contributed by atoms with Crippen LogP contribution in [-0.2, 0) is 4.79 Å². The van der Waals surface area contributed by atoms with Crippen molar-refractivity contribution in [2.75, 3.05) is 0 Å². The van der Waals surface area contributed by atoms with Crippen LogP contribution in [0.1, 0.15) is 16.7 Å². The molecule has 2 aromatic carbocycles. The highest BCUT2D eigenvalue weighted by atomic mass is 32.2. The molecule has 1 aliphatic rings. The summed E-state index contributed by atoms with van der Waals surface area (Å²) in [6, 6.07) is 12.1. The Labute approximate surface area is 148 Å². The van der Waals surface area contributed by atoms with Gasteiger partial charge in [-0.1, -0.05) is 18.2 Å². The van der Waals surface area contributed by atoms with Crippen molar-refractivity contribution < 1.29 is 9.72 Å². The number of amidine groups is 1. The number of amides is 1. The quantitative estimate of drug-likeness (QED) is 0.511. The molecule has 6 nitrogen and oxygen atoms in total. The SMILES string of the molecule is Cc1cc(C)cc(N=C2NC(=O)/C(=C/c3cccc([N+](=O)[O-])c3)S2)c1. The molecule has 1 saturated heterocycles. The van der Waals surface area contributed by atoms with Gasteiger partial charge in [0, 0.05) is 12.1 Å². The van der Waals surface area contributed by atoms with Crippen LogP contribution in [0.25, 0.3) is 6.08 Å². The Kier molecular flexibility index (Phi) is 4.67. The molecule has 0 aliphatic carbocycles. The van der Waals surface area contributed by atoms with Crippen molar-refractivity contribution in [1.82, 2.24) is 5.32 Å². The van der Waals surface area contributed by atoms with Crippen LogP contribution in [0, 0.1) is 24.0 Å². The number of benzene rings is 2. The van der Waals surface area contributed by atoms with E-state index in [2.05, 4.69) is 16.4 Å². The number of non-ortho nitro benzene ring substituents is 1. The monoisotopic (exact) mass is 353 g/mol. The van der Waals surface area contributed by atoms with Gasteiger partial charge in [0.2, 0.25) is 0 Å². The molecular formula is C18H15N3O3S. The normalized spacial score (nSPS) is 17.1. The lowest BCUT2D eigenvalue weighted by Gasteiger charge is -2.00. The van der Waals surface area contributed by atoms with Crippen LogP contribution in [0.15, 0.2) is 52.4 Å². The number of nitrogens with zero attached hydrogens (tertiary/aromatic N) is 2. The first-order valence-corrected chi connectivity index (χ1v) is 8.35. The maximum Gasteiger partial charge on any atom is 0.270 e. The number of nitro benzene ring substituents is 1. The average molecular weight is 353 g/mol. The summed E-state index contributed by atoms with van der Waals surface area (Å²) in [7, 11) is 0. The predicted molar refractivity (Wildman–Crippen MR) is 99.8 cm³/mol. The zero-order valence-corrected chi connectivity index (χ0v) is 14.5. The van der Waals surface area contributed by atoms with Gasteiger partial charge in [-0.3, -0.25) is 14.9 Å². The van der Waals surface area contributed by atoms with Gasteiger partial charge in [0.25, 0.3) is 11.6 Å². The zero-order chi connectivity index (χ0) is 18.0. The highest BCUT2D eigenvalue weighted by Gasteiger charge is 2.24. The van der Waals surface area contributed by atoms with E-state index < -0.39 is 4.92 Å². The number of aryl methyl sites for hydroxylation is 2. The molecule has 126 valence electrons. The Bertz CT molecular complexity index is 915. The fourth-order valence-electron chi connectivity index (χ4n) is 2.49. The summed E-state index contributed by atoms with van der Waals surface area (Å²) in [4.78, 5) is 27.4. The van der Waals surface area contributed by atoms with E-state index in [1.807, 2.05) is 26.0 Å². The van der Waals surface area contributed by atoms with Gasteiger partial charge in [0.15, 0.2) is 5.17 Å². The average Bonchev–Trinajstić information content (AvgIpc) is 2.86. The first-order chi connectivity index (χ1) is 11.9. The second-order valence-electron chi connectivity index (χ2n) is 5.68. The van der Waals surface area contributed by atoms with E-state index in [4.69, 9.17) is 0 Å². The Balaban J connectivity index is 1.86. The van der Waals surface area contributed by atoms with E-state index in [-0.39, 0.29) is 11.6 Å². The van der Waals surface area contributed by atoms with Gasteiger partial charge in [0.1, 0.15) is 0 Å². The second-order valence-corrected chi connectivity index (χ2v) is 6.71. The lowest BCUT2D eigenvalue weighted by atomic mass is 10.1. The fourth-order valence-corrected chi connectivity index (χ4v) is 3.33. The van der Waals surface area contributed by atoms with Crippen molar-refractivity contribution >= 4 is 40.3 Å². The largest absolute Gasteiger partial charge is 0.300 e. The number of nitrogens with one attached hydrogen (secondary N) is 1. The minimum atomic E-state index is -0.461. The van der Waals surface area contributed by atoms with Crippen LogP contribution in [-0.4, -0.2) is 16.0 Å². The molecule has 0 radical (unpaired) electrons. The van der Waals surface area contributed by atoms with Gasteiger partial charge in [-0.05, 0) is 60.5 Å². The molecule has 0 spiro atoms. The molecule has 7 heteroatoms. The number of carbonyl (C=O) groups is 1. The van der Waals surface area contributed by atoms with Crippen molar-refractivity contribution in [3.8, 4) is 0 Å². The fraction of sp³-hybridized carbons (Fsp3) is 0.111. The van der Waals surface area contributed by atoms with E-state index in [0.29, 0.717) is 15.6 Å². The van der Waals surface area contributed by atoms with E-state index in [1.165, 1.54) is 23.9 Å². The lowest BCUT2D eigenvalue weighted by molar-refractivity contribution is -0.384. The highest BCUT2D eigenvalue weighted by Crippen LogP contribution is 2.29. The number of thioether (sulfide) groups is 1. The van der Waals surface area contributed by atoms with E-state index >= 15 is 0 Å². The van der Waals surface area contributed by atoms with Crippen LogP contribution in [0.3, 0.4) is 0 Å². The second kappa shape index (κ2) is 6.90. The molecule has 1 heterocycles. The Morgan fingerprint density at radius 2 is 1.88 bits per heavy atom. The highest BCUT2D eigenvalue weighted by molar-refractivity contribution is 8.18. The smallest absolute Gasteiger partial charge is 0.270 e. The summed E-state index contributed by atoms with van der Waals surface area (Å²) in [5.41, 5.74) is 3.56. The summed E-state index contributed by atoms with van der Waals surface area (Å²) in [5, 5.41) is 14.1. The van der Waals surface area contributed by atoms with Crippen molar-refractivity contribution in [1.29, 1.82) is 0 Å². The van der Waals surface area contributed by atoms with Crippen LogP contribution in [0.5, 0.6) is 0 Å². The van der Waals surface area contributed by atoms with Crippen molar-refractivity contribution in [3.05, 3.63) is 74.2 Å². The molecule has 0 unspecified atom stereocenters. The number of rotatable bonds is 3. The first-order valence-electron chi connectivity index (χ1n) is 7.53. The molecule has 25 heavy (non-hydrogen) atoms. The Morgan fingerprint density at radius 3 is 2.56 bits per heavy atom. The molecule has 1 fully saturated rings. The van der Waals surface area contributed by atoms with E-state index in [9.17, 15) is 14.9 Å². The maximum atomic E-state index is 12.1. The molecular weight excluding hydrogens is 338 g/mol. The summed E-state index contributed by atoms with van der Waals surface area (Å²) >= 11 is 1.22. The predicted octanol–water partition coefficient (Wildman–Crippen LogP) is 4.10.